The number of benzene rings is 2. The van der Waals surface area contributed by atoms with Crippen molar-refractivity contribution < 1.29 is 9.18 Å². The minimum Gasteiger partial charge on any atom is -0.354 e. The molecule has 3 rings (SSSR count). The van der Waals surface area contributed by atoms with Gasteiger partial charge in [0.15, 0.2) is 0 Å². The first kappa shape index (κ1) is 17.6. The van der Waals surface area contributed by atoms with E-state index in [1.807, 2.05) is 18.2 Å². The average molecular weight is 349 g/mol. The Hall–Kier alpha value is -3.21. The van der Waals surface area contributed by atoms with Gasteiger partial charge in [-0.05, 0) is 60.9 Å². The molecule has 4 nitrogen and oxygen atoms in total. The molecule has 0 aliphatic rings. The molecule has 2 aromatic carbocycles. The van der Waals surface area contributed by atoms with Crippen LogP contribution in [0.2, 0.25) is 0 Å². The minimum absolute atomic E-state index is 0.271. The zero-order valence-corrected chi connectivity index (χ0v) is 14.7. The number of hydrogen-bond donors (Lipinski definition) is 2. The molecule has 0 aliphatic heterocycles. The molecule has 0 radical (unpaired) electrons. The first-order chi connectivity index (χ1) is 12.5. The van der Waals surface area contributed by atoms with Crippen molar-refractivity contribution in [1.82, 2.24) is 10.3 Å². The van der Waals surface area contributed by atoms with Gasteiger partial charge in [0.2, 0.25) is 0 Å². The molecule has 0 atom stereocenters. The smallest absolute Gasteiger partial charge is 0.270 e. The lowest BCUT2D eigenvalue weighted by molar-refractivity contribution is 0.0946. The fourth-order valence-corrected chi connectivity index (χ4v) is 2.52. The van der Waals surface area contributed by atoms with Crippen molar-refractivity contribution in [2.45, 2.75) is 20.4 Å². The maximum Gasteiger partial charge on any atom is 0.270 e. The number of pyridine rings is 1. The van der Waals surface area contributed by atoms with E-state index in [9.17, 15) is 9.18 Å². The molecule has 0 saturated heterocycles. The summed E-state index contributed by atoms with van der Waals surface area (Å²) in [4.78, 5) is 16.4. The van der Waals surface area contributed by atoms with Gasteiger partial charge in [0.05, 0.1) is 11.9 Å². The van der Waals surface area contributed by atoms with Crippen molar-refractivity contribution in [3.63, 3.8) is 0 Å². The van der Waals surface area contributed by atoms with Crippen molar-refractivity contribution in [2.24, 2.45) is 0 Å². The van der Waals surface area contributed by atoms with E-state index in [1.165, 1.54) is 23.3 Å². The standard InChI is InChI=1S/C21H20FN3O/c1-14-4-3-5-19(15(14)2)25-18-10-11-20(23-13-18)21(26)24-12-16-6-8-17(22)9-7-16/h3-11,13,25H,12H2,1-2H3,(H,24,26). The molecule has 0 aliphatic carbocycles. The topological polar surface area (TPSA) is 54.0 Å². The Morgan fingerprint density at radius 3 is 2.50 bits per heavy atom. The summed E-state index contributed by atoms with van der Waals surface area (Å²) in [7, 11) is 0. The van der Waals surface area contributed by atoms with Gasteiger partial charge in [0.1, 0.15) is 11.5 Å². The molecule has 0 fully saturated rings. The molecular formula is C21H20FN3O. The summed E-state index contributed by atoms with van der Waals surface area (Å²) >= 11 is 0. The summed E-state index contributed by atoms with van der Waals surface area (Å²) in [5, 5.41) is 6.09. The van der Waals surface area contributed by atoms with E-state index >= 15 is 0 Å². The predicted octanol–water partition coefficient (Wildman–Crippen LogP) is 4.51. The van der Waals surface area contributed by atoms with E-state index < -0.39 is 0 Å². The SMILES string of the molecule is Cc1cccc(Nc2ccc(C(=O)NCc3ccc(F)cc3)nc2)c1C. The number of carbonyl (C=O) groups is 1. The zero-order valence-electron chi connectivity index (χ0n) is 14.7. The average Bonchev–Trinajstić information content (AvgIpc) is 2.65. The molecule has 2 N–H and O–H groups in total. The minimum atomic E-state index is -0.298. The highest BCUT2D eigenvalue weighted by molar-refractivity contribution is 5.92. The van der Waals surface area contributed by atoms with E-state index in [4.69, 9.17) is 0 Å². The van der Waals surface area contributed by atoms with Crippen LogP contribution in [0.25, 0.3) is 0 Å². The van der Waals surface area contributed by atoms with Crippen LogP contribution in [0.1, 0.15) is 27.2 Å². The van der Waals surface area contributed by atoms with Crippen LogP contribution < -0.4 is 10.6 Å². The van der Waals surface area contributed by atoms with Crippen molar-refractivity contribution >= 4 is 17.3 Å². The monoisotopic (exact) mass is 349 g/mol. The van der Waals surface area contributed by atoms with Crippen LogP contribution in [-0.4, -0.2) is 10.9 Å². The van der Waals surface area contributed by atoms with Crippen molar-refractivity contribution in [3.8, 4) is 0 Å². The van der Waals surface area contributed by atoms with Crippen molar-refractivity contribution in [3.05, 3.63) is 89.0 Å². The third-order valence-electron chi connectivity index (χ3n) is 4.25. The normalized spacial score (nSPS) is 10.4. The molecule has 0 bridgehead atoms. The van der Waals surface area contributed by atoms with E-state index in [2.05, 4.69) is 35.5 Å². The second kappa shape index (κ2) is 7.78. The predicted molar refractivity (Wildman–Crippen MR) is 101 cm³/mol. The lowest BCUT2D eigenvalue weighted by Gasteiger charge is -2.11. The Bertz CT molecular complexity index is 906. The van der Waals surface area contributed by atoms with Crippen LogP contribution >= 0.6 is 0 Å². The van der Waals surface area contributed by atoms with Crippen LogP contribution in [0, 0.1) is 19.7 Å². The molecule has 0 saturated carbocycles. The van der Waals surface area contributed by atoms with Gasteiger partial charge in [-0.3, -0.25) is 4.79 Å². The lowest BCUT2D eigenvalue weighted by atomic mass is 10.1. The van der Waals surface area contributed by atoms with Gasteiger partial charge in [-0.2, -0.15) is 0 Å². The van der Waals surface area contributed by atoms with E-state index in [0.717, 1.165) is 16.9 Å². The van der Waals surface area contributed by atoms with Gasteiger partial charge >= 0.3 is 0 Å². The second-order valence-electron chi connectivity index (χ2n) is 6.11. The van der Waals surface area contributed by atoms with Gasteiger partial charge in [-0.1, -0.05) is 24.3 Å². The summed E-state index contributed by atoms with van der Waals surface area (Å²) in [6, 6.07) is 15.6. The number of aryl methyl sites for hydroxylation is 1. The fraction of sp³-hybridized carbons (Fsp3) is 0.143. The van der Waals surface area contributed by atoms with Crippen LogP contribution in [0.5, 0.6) is 0 Å². The van der Waals surface area contributed by atoms with Gasteiger partial charge in [0.25, 0.3) is 5.91 Å². The molecule has 1 heterocycles. The molecule has 1 amide bonds. The first-order valence-electron chi connectivity index (χ1n) is 8.35. The number of nitrogens with zero attached hydrogens (tertiary/aromatic N) is 1. The van der Waals surface area contributed by atoms with E-state index in [0.29, 0.717) is 12.2 Å². The molecule has 5 heteroatoms. The van der Waals surface area contributed by atoms with Crippen molar-refractivity contribution in [2.75, 3.05) is 5.32 Å². The Morgan fingerprint density at radius 1 is 1.04 bits per heavy atom. The third kappa shape index (κ3) is 4.25. The number of halogens is 1. The van der Waals surface area contributed by atoms with Crippen LogP contribution in [0.3, 0.4) is 0 Å². The zero-order chi connectivity index (χ0) is 18.5. The maximum absolute atomic E-state index is 12.9. The van der Waals surface area contributed by atoms with Gasteiger partial charge in [-0.25, -0.2) is 9.37 Å². The molecule has 0 unspecified atom stereocenters. The Morgan fingerprint density at radius 2 is 1.81 bits per heavy atom. The number of aromatic nitrogens is 1. The molecular weight excluding hydrogens is 329 g/mol. The van der Waals surface area contributed by atoms with Gasteiger partial charge in [0, 0.05) is 12.2 Å². The fourth-order valence-electron chi connectivity index (χ4n) is 2.52. The van der Waals surface area contributed by atoms with Crippen LogP contribution in [0.15, 0.2) is 60.8 Å². The van der Waals surface area contributed by atoms with Gasteiger partial charge in [-0.15, -0.1) is 0 Å². The maximum atomic E-state index is 12.9. The summed E-state index contributed by atoms with van der Waals surface area (Å²) < 4.78 is 12.9. The summed E-state index contributed by atoms with van der Waals surface area (Å²) in [6.07, 6.45) is 1.63. The quantitative estimate of drug-likeness (QED) is 0.712. The molecule has 0 spiro atoms. The summed E-state index contributed by atoms with van der Waals surface area (Å²) in [5.41, 5.74) is 5.37. The number of amides is 1. The molecule has 1 aromatic heterocycles. The molecule has 3 aromatic rings. The number of nitrogens with one attached hydrogen (secondary N) is 2. The first-order valence-corrected chi connectivity index (χ1v) is 8.35. The number of rotatable bonds is 5. The van der Waals surface area contributed by atoms with Crippen molar-refractivity contribution in [1.29, 1.82) is 0 Å². The second-order valence-corrected chi connectivity index (χ2v) is 6.11. The highest BCUT2D eigenvalue weighted by Crippen LogP contribution is 2.22. The molecule has 26 heavy (non-hydrogen) atoms. The summed E-state index contributed by atoms with van der Waals surface area (Å²) in [5.74, 6) is -0.568. The number of carbonyl (C=O) groups excluding carboxylic acids is 1. The third-order valence-corrected chi connectivity index (χ3v) is 4.25. The van der Waals surface area contributed by atoms with E-state index in [1.54, 1.807) is 24.4 Å². The number of anilines is 2. The highest BCUT2D eigenvalue weighted by Gasteiger charge is 2.08. The van der Waals surface area contributed by atoms with Crippen LogP contribution in [0.4, 0.5) is 15.8 Å². The lowest BCUT2D eigenvalue weighted by Crippen LogP contribution is -2.23. The summed E-state index contributed by atoms with van der Waals surface area (Å²) in [6.45, 7) is 4.44. The van der Waals surface area contributed by atoms with Crippen LogP contribution in [-0.2, 0) is 6.54 Å². The Balaban J connectivity index is 1.62. The number of hydrogen-bond acceptors (Lipinski definition) is 3. The highest BCUT2D eigenvalue weighted by atomic mass is 19.1. The van der Waals surface area contributed by atoms with E-state index in [-0.39, 0.29) is 11.7 Å². The Kier molecular flexibility index (Phi) is 5.27. The largest absolute Gasteiger partial charge is 0.354 e. The van der Waals surface area contributed by atoms with Gasteiger partial charge < -0.3 is 10.6 Å². The molecule has 132 valence electrons. The Labute approximate surface area is 152 Å².